The number of halogens is 3. The maximum Gasteiger partial charge on any atom is 0.268 e. The molecule has 32 heavy (non-hydrogen) atoms. The first-order valence-corrected chi connectivity index (χ1v) is 10.5. The van der Waals surface area contributed by atoms with Gasteiger partial charge in [-0.15, -0.1) is 0 Å². The van der Waals surface area contributed by atoms with Gasteiger partial charge in [0, 0.05) is 36.7 Å². The number of hydrogen-bond acceptors (Lipinski definition) is 3. The first-order valence-electron chi connectivity index (χ1n) is 10.5. The number of fused-ring (bicyclic) bond motifs is 1. The highest BCUT2D eigenvalue weighted by atomic mass is 19.3. The molecule has 4 rings (SSSR count). The number of amides is 1. The molecule has 2 aromatic heterocycles. The van der Waals surface area contributed by atoms with Crippen molar-refractivity contribution in [3.8, 4) is 0 Å². The maximum atomic E-state index is 13.6. The molecule has 8 heteroatoms. The number of aromatic nitrogens is 2. The second-order valence-corrected chi connectivity index (χ2v) is 8.39. The van der Waals surface area contributed by atoms with Crippen molar-refractivity contribution in [3.63, 3.8) is 0 Å². The lowest BCUT2D eigenvalue weighted by Gasteiger charge is -2.29. The van der Waals surface area contributed by atoms with Gasteiger partial charge in [0.05, 0.1) is 10.9 Å². The SMILES string of the molecule is CC(C)c1cccc(F)c1.NC(=O)c1nccc2[nH]c([C@H]3CCCC(F)(F)C3)cc(=O)c12. The topological polar surface area (TPSA) is 88.8 Å². The van der Waals surface area contributed by atoms with Crippen molar-refractivity contribution < 1.29 is 18.0 Å². The Morgan fingerprint density at radius 2 is 2.00 bits per heavy atom. The fourth-order valence-corrected chi connectivity index (χ4v) is 3.93. The van der Waals surface area contributed by atoms with Crippen LogP contribution >= 0.6 is 0 Å². The summed E-state index contributed by atoms with van der Waals surface area (Å²) in [4.78, 5) is 30.4. The quantitative estimate of drug-likeness (QED) is 0.576. The lowest BCUT2D eigenvalue weighted by molar-refractivity contribution is -0.0412. The molecule has 1 aliphatic rings. The van der Waals surface area contributed by atoms with E-state index in [-0.39, 0.29) is 29.7 Å². The molecule has 0 bridgehead atoms. The Hall–Kier alpha value is -3.16. The van der Waals surface area contributed by atoms with E-state index in [1.807, 2.05) is 6.07 Å². The van der Waals surface area contributed by atoms with Crippen molar-refractivity contribution in [2.45, 2.75) is 57.3 Å². The summed E-state index contributed by atoms with van der Waals surface area (Å²) in [6, 6.07) is 9.53. The van der Waals surface area contributed by atoms with Gasteiger partial charge in [0.2, 0.25) is 5.92 Å². The predicted octanol–water partition coefficient (Wildman–Crippen LogP) is 5.26. The van der Waals surface area contributed by atoms with E-state index in [0.29, 0.717) is 30.0 Å². The van der Waals surface area contributed by atoms with Gasteiger partial charge >= 0.3 is 0 Å². The third-order valence-corrected chi connectivity index (χ3v) is 5.59. The van der Waals surface area contributed by atoms with Gasteiger partial charge in [-0.3, -0.25) is 14.6 Å². The van der Waals surface area contributed by atoms with Gasteiger partial charge < -0.3 is 10.7 Å². The fraction of sp³-hybridized carbons (Fsp3) is 0.375. The number of nitrogens with two attached hydrogens (primary N) is 1. The van der Waals surface area contributed by atoms with Crippen LogP contribution < -0.4 is 11.2 Å². The molecule has 3 N–H and O–H groups in total. The van der Waals surface area contributed by atoms with Gasteiger partial charge in [-0.05, 0) is 42.5 Å². The molecule has 0 unspecified atom stereocenters. The van der Waals surface area contributed by atoms with Crippen molar-refractivity contribution >= 4 is 16.8 Å². The summed E-state index contributed by atoms with van der Waals surface area (Å²) in [5, 5.41) is 0.0984. The van der Waals surface area contributed by atoms with Gasteiger partial charge in [-0.1, -0.05) is 26.0 Å². The molecule has 1 aliphatic carbocycles. The summed E-state index contributed by atoms with van der Waals surface area (Å²) in [6.45, 7) is 4.10. The molecule has 0 spiro atoms. The Bertz CT molecular complexity index is 1170. The van der Waals surface area contributed by atoms with Crippen molar-refractivity contribution in [2.75, 3.05) is 0 Å². The predicted molar refractivity (Wildman–Crippen MR) is 118 cm³/mol. The number of pyridine rings is 2. The Morgan fingerprint density at radius 1 is 1.25 bits per heavy atom. The number of rotatable bonds is 3. The minimum Gasteiger partial charge on any atom is -0.364 e. The zero-order valence-electron chi connectivity index (χ0n) is 18.0. The van der Waals surface area contributed by atoms with Crippen LogP contribution in [0.2, 0.25) is 0 Å². The monoisotopic (exact) mass is 445 g/mol. The number of primary amides is 1. The number of nitrogens with one attached hydrogen (secondary N) is 1. The zero-order chi connectivity index (χ0) is 23.5. The summed E-state index contributed by atoms with van der Waals surface area (Å²) in [6.07, 6.45) is 1.99. The van der Waals surface area contributed by atoms with Gasteiger partial charge in [-0.25, -0.2) is 13.2 Å². The van der Waals surface area contributed by atoms with E-state index in [4.69, 9.17) is 5.73 Å². The second kappa shape index (κ2) is 9.54. The van der Waals surface area contributed by atoms with Crippen LogP contribution in [0.25, 0.3) is 10.9 Å². The average Bonchev–Trinajstić information content (AvgIpc) is 2.73. The molecular weight excluding hydrogens is 419 g/mol. The van der Waals surface area contributed by atoms with E-state index >= 15 is 0 Å². The molecule has 3 aromatic rings. The smallest absolute Gasteiger partial charge is 0.268 e. The molecule has 1 amide bonds. The number of carbonyl (C=O) groups excluding carboxylic acids is 1. The van der Waals surface area contributed by atoms with Crippen molar-refractivity contribution in [1.29, 1.82) is 0 Å². The molecule has 0 radical (unpaired) electrons. The highest BCUT2D eigenvalue weighted by molar-refractivity contribution is 6.03. The standard InChI is InChI=1S/C15H15F2N3O2.C9H11F/c16-15(17)4-1-2-8(7-15)10-6-11(21)12-9(20-10)3-5-19-13(12)14(18)22;1-7(2)8-4-3-5-9(10)6-8/h3,5-6,8H,1-2,4,7H2,(H2,18,22)(H,20,21);3-7H,1-2H3/t8-;/m0./s1. The molecule has 1 saturated carbocycles. The van der Waals surface area contributed by atoms with Crippen LogP contribution in [0.3, 0.4) is 0 Å². The molecule has 0 aliphatic heterocycles. The van der Waals surface area contributed by atoms with Gasteiger partial charge in [0.15, 0.2) is 5.43 Å². The molecule has 2 heterocycles. The van der Waals surface area contributed by atoms with Crippen LogP contribution in [0.15, 0.2) is 47.4 Å². The Kier molecular flexibility index (Phi) is 7.01. The molecular formula is C24H26F3N3O2. The number of nitrogens with zero attached hydrogens (tertiary/aromatic N) is 1. The normalized spacial score (nSPS) is 17.6. The average molecular weight is 445 g/mol. The summed E-state index contributed by atoms with van der Waals surface area (Å²) >= 11 is 0. The Balaban J connectivity index is 0.000000243. The minimum absolute atomic E-state index is 0.0984. The van der Waals surface area contributed by atoms with Crippen LogP contribution in [-0.4, -0.2) is 21.8 Å². The number of aromatic amines is 1. The van der Waals surface area contributed by atoms with Crippen LogP contribution in [0, 0.1) is 5.82 Å². The van der Waals surface area contributed by atoms with E-state index in [1.165, 1.54) is 24.4 Å². The minimum atomic E-state index is -2.70. The second-order valence-electron chi connectivity index (χ2n) is 8.39. The summed E-state index contributed by atoms with van der Waals surface area (Å²) in [7, 11) is 0. The molecule has 5 nitrogen and oxygen atoms in total. The molecule has 1 aromatic carbocycles. The summed E-state index contributed by atoms with van der Waals surface area (Å²) < 4.78 is 39.7. The van der Waals surface area contributed by atoms with Gasteiger partial charge in [0.25, 0.3) is 5.91 Å². The molecule has 170 valence electrons. The fourth-order valence-electron chi connectivity index (χ4n) is 3.93. The summed E-state index contributed by atoms with van der Waals surface area (Å²) in [5.41, 5.74) is 6.58. The van der Waals surface area contributed by atoms with E-state index in [2.05, 4.69) is 23.8 Å². The molecule has 0 saturated heterocycles. The number of hydrogen-bond donors (Lipinski definition) is 2. The van der Waals surface area contributed by atoms with E-state index in [9.17, 15) is 22.8 Å². The summed E-state index contributed by atoms with van der Waals surface area (Å²) in [5.74, 6) is -3.63. The van der Waals surface area contributed by atoms with Crippen LogP contribution in [0.5, 0.6) is 0 Å². The first kappa shape index (κ1) is 23.5. The third kappa shape index (κ3) is 5.55. The molecule has 1 atom stereocenters. The maximum absolute atomic E-state index is 13.6. The van der Waals surface area contributed by atoms with Crippen molar-refractivity contribution in [3.05, 3.63) is 75.6 Å². The van der Waals surface area contributed by atoms with E-state index in [0.717, 1.165) is 5.56 Å². The van der Waals surface area contributed by atoms with Crippen LogP contribution in [0.1, 0.15) is 73.1 Å². The largest absolute Gasteiger partial charge is 0.364 e. The highest BCUT2D eigenvalue weighted by Crippen LogP contribution is 2.41. The Morgan fingerprint density at radius 3 is 2.59 bits per heavy atom. The zero-order valence-corrected chi connectivity index (χ0v) is 18.0. The number of H-pyrrole nitrogens is 1. The molecule has 1 fully saturated rings. The van der Waals surface area contributed by atoms with Gasteiger partial charge in [0.1, 0.15) is 11.5 Å². The lowest BCUT2D eigenvalue weighted by atomic mass is 9.84. The lowest BCUT2D eigenvalue weighted by Crippen LogP contribution is -2.26. The van der Waals surface area contributed by atoms with Crippen molar-refractivity contribution in [1.82, 2.24) is 9.97 Å². The van der Waals surface area contributed by atoms with E-state index in [1.54, 1.807) is 12.1 Å². The number of benzene rings is 1. The third-order valence-electron chi connectivity index (χ3n) is 5.59. The van der Waals surface area contributed by atoms with Crippen LogP contribution in [-0.2, 0) is 0 Å². The number of carbonyl (C=O) groups is 1. The highest BCUT2D eigenvalue weighted by Gasteiger charge is 2.37. The Labute approximate surface area is 183 Å². The first-order chi connectivity index (χ1) is 15.1. The van der Waals surface area contributed by atoms with Crippen molar-refractivity contribution in [2.24, 2.45) is 5.73 Å². The van der Waals surface area contributed by atoms with Gasteiger partial charge in [-0.2, -0.15) is 0 Å². The van der Waals surface area contributed by atoms with Crippen LogP contribution in [0.4, 0.5) is 13.2 Å². The van der Waals surface area contributed by atoms with E-state index < -0.39 is 23.2 Å². The number of alkyl halides is 2.